The lowest BCUT2D eigenvalue weighted by Crippen LogP contribution is -2.18. The number of carboxylic acids is 1. The van der Waals surface area contributed by atoms with Crippen LogP contribution < -0.4 is 0 Å². The molecule has 0 atom stereocenters. The molecule has 1 N–H and O–H groups in total. The molecule has 2 rings (SSSR count). The SMILES string of the molecule is CO/N=C(\C)c1ccc(/C(C)=N/OCc2c(C)cccc2/C(=N\OC)C(=O)O)cc1. The van der Waals surface area contributed by atoms with Crippen LogP contribution in [0, 0.1) is 6.92 Å². The van der Waals surface area contributed by atoms with Crippen LogP contribution in [-0.2, 0) is 25.9 Å². The third kappa shape index (κ3) is 5.66. The lowest BCUT2D eigenvalue weighted by atomic mass is 9.99. The first-order valence-corrected chi connectivity index (χ1v) is 9.17. The van der Waals surface area contributed by atoms with E-state index in [9.17, 15) is 9.90 Å². The third-order valence-corrected chi connectivity index (χ3v) is 4.41. The predicted octanol–water partition coefficient (Wildman–Crippen LogP) is 3.74. The van der Waals surface area contributed by atoms with Crippen molar-refractivity contribution in [1.29, 1.82) is 0 Å². The molecule has 0 aromatic heterocycles. The number of rotatable bonds is 9. The van der Waals surface area contributed by atoms with Crippen LogP contribution in [0.2, 0.25) is 0 Å². The van der Waals surface area contributed by atoms with Gasteiger partial charge in [-0.2, -0.15) is 0 Å². The quantitative estimate of drug-likeness (QED) is 0.500. The Morgan fingerprint density at radius 2 is 1.47 bits per heavy atom. The molecule has 8 nitrogen and oxygen atoms in total. The van der Waals surface area contributed by atoms with Gasteiger partial charge in [0, 0.05) is 11.1 Å². The molecule has 8 heteroatoms. The molecule has 158 valence electrons. The number of nitrogens with zero attached hydrogens (tertiary/aromatic N) is 3. The maximum Gasteiger partial charge on any atom is 0.358 e. The van der Waals surface area contributed by atoms with Crippen molar-refractivity contribution in [2.75, 3.05) is 14.2 Å². The van der Waals surface area contributed by atoms with Crippen LogP contribution in [0.4, 0.5) is 0 Å². The summed E-state index contributed by atoms with van der Waals surface area (Å²) < 4.78 is 0. The molecular formula is C22H25N3O5. The number of hydrogen-bond acceptors (Lipinski definition) is 7. The number of aliphatic carboxylic acids is 1. The Balaban J connectivity index is 2.20. The van der Waals surface area contributed by atoms with E-state index in [1.807, 2.05) is 51.1 Å². The van der Waals surface area contributed by atoms with Crippen molar-refractivity contribution in [2.45, 2.75) is 27.4 Å². The predicted molar refractivity (Wildman–Crippen MR) is 115 cm³/mol. The lowest BCUT2D eigenvalue weighted by Gasteiger charge is -2.11. The first kappa shape index (κ1) is 22.6. The number of carbonyl (C=O) groups is 1. The summed E-state index contributed by atoms with van der Waals surface area (Å²) in [7, 11) is 2.81. The minimum atomic E-state index is -1.18. The summed E-state index contributed by atoms with van der Waals surface area (Å²) in [6.45, 7) is 5.65. The molecule has 2 aromatic carbocycles. The highest BCUT2D eigenvalue weighted by atomic mass is 16.6. The summed E-state index contributed by atoms with van der Waals surface area (Å²) in [4.78, 5) is 26.5. The van der Waals surface area contributed by atoms with E-state index < -0.39 is 5.97 Å². The van der Waals surface area contributed by atoms with E-state index >= 15 is 0 Å². The Labute approximate surface area is 175 Å². The maximum atomic E-state index is 11.5. The normalized spacial score (nSPS) is 12.5. The highest BCUT2D eigenvalue weighted by molar-refractivity contribution is 6.42. The van der Waals surface area contributed by atoms with E-state index in [4.69, 9.17) is 9.68 Å². The van der Waals surface area contributed by atoms with Crippen molar-refractivity contribution < 1.29 is 24.4 Å². The first-order chi connectivity index (χ1) is 14.4. The van der Waals surface area contributed by atoms with E-state index in [-0.39, 0.29) is 12.3 Å². The Hall–Kier alpha value is -3.68. The fourth-order valence-electron chi connectivity index (χ4n) is 2.80. The summed E-state index contributed by atoms with van der Waals surface area (Å²) in [5.41, 5.74) is 5.06. The number of oxime groups is 3. The van der Waals surface area contributed by atoms with E-state index in [1.54, 1.807) is 12.1 Å². The van der Waals surface area contributed by atoms with Crippen molar-refractivity contribution in [1.82, 2.24) is 0 Å². The second kappa shape index (κ2) is 10.8. The summed E-state index contributed by atoms with van der Waals surface area (Å²) >= 11 is 0. The van der Waals surface area contributed by atoms with E-state index in [0.29, 0.717) is 16.8 Å². The van der Waals surface area contributed by atoms with E-state index in [2.05, 4.69) is 20.3 Å². The van der Waals surface area contributed by atoms with Gasteiger partial charge in [-0.1, -0.05) is 57.9 Å². The van der Waals surface area contributed by atoms with Gasteiger partial charge in [-0.15, -0.1) is 0 Å². The van der Waals surface area contributed by atoms with Gasteiger partial charge in [-0.25, -0.2) is 4.79 Å². The second-order valence-electron chi connectivity index (χ2n) is 6.42. The van der Waals surface area contributed by atoms with Crippen molar-refractivity contribution in [3.8, 4) is 0 Å². The molecule has 0 radical (unpaired) electrons. The standard InChI is InChI=1S/C22H25N3O5/c1-14-7-6-8-19(21(22(26)27)25-29-5)20(14)13-30-24-16(3)18-11-9-17(10-12-18)15(2)23-28-4/h6-12H,13H2,1-5H3,(H,26,27)/b23-15+,24-16+,25-21+. The van der Waals surface area contributed by atoms with Gasteiger partial charge in [0.25, 0.3) is 0 Å². The lowest BCUT2D eigenvalue weighted by molar-refractivity contribution is -0.129. The molecule has 0 saturated carbocycles. The van der Waals surface area contributed by atoms with Crippen LogP contribution in [0.5, 0.6) is 0 Å². The molecule has 0 amide bonds. The zero-order valence-electron chi connectivity index (χ0n) is 17.7. The Bertz CT molecular complexity index is 979. The first-order valence-electron chi connectivity index (χ1n) is 9.17. The molecule has 0 heterocycles. The Kier molecular flexibility index (Phi) is 8.10. The second-order valence-corrected chi connectivity index (χ2v) is 6.42. The van der Waals surface area contributed by atoms with Gasteiger partial charge >= 0.3 is 5.97 Å². The molecular weight excluding hydrogens is 386 g/mol. The molecule has 0 aliphatic heterocycles. The largest absolute Gasteiger partial charge is 0.476 e. The molecule has 0 spiro atoms. The summed E-state index contributed by atoms with van der Waals surface area (Å²) in [5, 5.41) is 21.2. The minimum Gasteiger partial charge on any atom is -0.476 e. The van der Waals surface area contributed by atoms with Gasteiger partial charge in [-0.05, 0) is 37.5 Å². The highest BCUT2D eigenvalue weighted by Gasteiger charge is 2.19. The van der Waals surface area contributed by atoms with Crippen LogP contribution >= 0.6 is 0 Å². The van der Waals surface area contributed by atoms with E-state index in [1.165, 1.54) is 14.2 Å². The van der Waals surface area contributed by atoms with Gasteiger partial charge in [0.2, 0.25) is 0 Å². The van der Waals surface area contributed by atoms with Crippen molar-refractivity contribution in [3.05, 3.63) is 70.3 Å². The molecule has 0 saturated heterocycles. The van der Waals surface area contributed by atoms with Crippen LogP contribution in [0.3, 0.4) is 0 Å². The summed E-state index contributed by atoms with van der Waals surface area (Å²) in [6.07, 6.45) is 0. The Morgan fingerprint density at radius 1 is 0.900 bits per heavy atom. The van der Waals surface area contributed by atoms with Crippen LogP contribution in [0.25, 0.3) is 0 Å². The molecule has 0 bridgehead atoms. The van der Waals surface area contributed by atoms with Gasteiger partial charge in [0.1, 0.15) is 20.8 Å². The van der Waals surface area contributed by atoms with E-state index in [0.717, 1.165) is 22.4 Å². The average Bonchev–Trinajstić information content (AvgIpc) is 2.73. The fraction of sp³-hybridized carbons (Fsp3) is 0.273. The average molecular weight is 411 g/mol. The van der Waals surface area contributed by atoms with Gasteiger partial charge in [-0.3, -0.25) is 0 Å². The number of aryl methyl sites for hydroxylation is 1. The van der Waals surface area contributed by atoms with Gasteiger partial charge in [0.15, 0.2) is 5.71 Å². The minimum absolute atomic E-state index is 0.0903. The molecule has 0 unspecified atom stereocenters. The van der Waals surface area contributed by atoms with Crippen LogP contribution in [0.1, 0.15) is 41.7 Å². The molecule has 30 heavy (non-hydrogen) atoms. The van der Waals surface area contributed by atoms with Crippen LogP contribution in [-0.4, -0.2) is 42.4 Å². The summed E-state index contributed by atoms with van der Waals surface area (Å²) in [5.74, 6) is -1.18. The maximum absolute atomic E-state index is 11.5. The summed E-state index contributed by atoms with van der Waals surface area (Å²) in [6, 6.07) is 13.0. The molecule has 2 aromatic rings. The molecule has 0 fully saturated rings. The zero-order chi connectivity index (χ0) is 22.1. The highest BCUT2D eigenvalue weighted by Crippen LogP contribution is 2.18. The third-order valence-electron chi connectivity index (χ3n) is 4.41. The number of hydrogen-bond donors (Lipinski definition) is 1. The Morgan fingerprint density at radius 3 is 2.00 bits per heavy atom. The van der Waals surface area contributed by atoms with Crippen molar-refractivity contribution >= 4 is 23.1 Å². The number of carboxylic acid groups (broad SMARTS) is 1. The topological polar surface area (TPSA) is 102 Å². The fourth-order valence-corrected chi connectivity index (χ4v) is 2.80. The number of benzene rings is 2. The molecule has 0 aliphatic carbocycles. The van der Waals surface area contributed by atoms with Crippen molar-refractivity contribution in [3.63, 3.8) is 0 Å². The van der Waals surface area contributed by atoms with Crippen molar-refractivity contribution in [2.24, 2.45) is 15.5 Å². The smallest absolute Gasteiger partial charge is 0.358 e. The monoisotopic (exact) mass is 411 g/mol. The molecule has 0 aliphatic rings. The van der Waals surface area contributed by atoms with Crippen LogP contribution in [0.15, 0.2) is 57.9 Å². The van der Waals surface area contributed by atoms with Gasteiger partial charge in [0.05, 0.1) is 11.4 Å². The zero-order valence-corrected chi connectivity index (χ0v) is 17.7. The van der Waals surface area contributed by atoms with Gasteiger partial charge < -0.3 is 19.6 Å².